The molecule has 1 rings (SSSR count). The molecule has 0 aliphatic heterocycles. The van der Waals surface area contributed by atoms with Crippen LogP contribution >= 0.6 is 0 Å². The summed E-state index contributed by atoms with van der Waals surface area (Å²) in [6.45, 7) is 5.25. The van der Waals surface area contributed by atoms with Gasteiger partial charge in [0.05, 0.1) is 0 Å². The van der Waals surface area contributed by atoms with E-state index in [-0.39, 0.29) is 6.61 Å². The third-order valence-corrected chi connectivity index (χ3v) is 2.61. The maximum atomic E-state index is 8.96. The predicted octanol–water partition coefficient (Wildman–Crippen LogP) is 1.79. The smallest absolute Gasteiger partial charge is 0.0471 e. The normalized spacial score (nSPS) is 15.1. The number of rotatable bonds is 5. The molecule has 2 atom stereocenters. The van der Waals surface area contributed by atoms with Gasteiger partial charge in [-0.3, -0.25) is 0 Å². The lowest BCUT2D eigenvalue weighted by molar-refractivity contribution is 0.207. The second-order valence-corrected chi connectivity index (χ2v) is 3.82. The predicted molar refractivity (Wildman–Crippen MR) is 59.0 cm³/mol. The van der Waals surface area contributed by atoms with E-state index < -0.39 is 0 Å². The van der Waals surface area contributed by atoms with E-state index in [2.05, 4.69) is 24.4 Å². The molecule has 0 saturated carbocycles. The second kappa shape index (κ2) is 5.78. The van der Waals surface area contributed by atoms with E-state index in [1.165, 1.54) is 5.56 Å². The zero-order valence-electron chi connectivity index (χ0n) is 8.90. The average molecular weight is 193 g/mol. The van der Waals surface area contributed by atoms with Gasteiger partial charge in [-0.25, -0.2) is 0 Å². The lowest BCUT2D eigenvalue weighted by Gasteiger charge is -2.19. The van der Waals surface area contributed by atoms with Crippen molar-refractivity contribution < 1.29 is 5.11 Å². The van der Waals surface area contributed by atoms with Crippen LogP contribution in [0.15, 0.2) is 30.3 Å². The molecule has 0 aliphatic rings. The molecule has 2 nitrogen and oxygen atoms in total. The minimum atomic E-state index is 0.239. The first kappa shape index (κ1) is 11.2. The summed E-state index contributed by atoms with van der Waals surface area (Å²) in [4.78, 5) is 0. The number of aliphatic hydroxyl groups is 1. The molecule has 0 heterocycles. The molecule has 0 bridgehead atoms. The molecule has 0 aromatic heterocycles. The molecular formula is C12H19NO. The summed E-state index contributed by atoms with van der Waals surface area (Å²) in [5.41, 5.74) is 1.28. The Morgan fingerprint density at radius 2 is 1.86 bits per heavy atom. The summed E-state index contributed by atoms with van der Waals surface area (Å²) in [5, 5.41) is 12.4. The first-order valence-corrected chi connectivity index (χ1v) is 5.12. The topological polar surface area (TPSA) is 32.3 Å². The molecule has 2 unspecified atom stereocenters. The molecule has 1 aromatic rings. The Hall–Kier alpha value is -0.860. The zero-order valence-corrected chi connectivity index (χ0v) is 8.90. The van der Waals surface area contributed by atoms with E-state index >= 15 is 0 Å². The van der Waals surface area contributed by atoms with E-state index in [4.69, 9.17) is 5.11 Å². The fourth-order valence-corrected chi connectivity index (χ4v) is 1.23. The monoisotopic (exact) mass is 193 g/mol. The SMILES string of the molecule is CC(CO)C(C)NCc1ccccc1. The molecule has 0 saturated heterocycles. The summed E-state index contributed by atoms with van der Waals surface area (Å²) >= 11 is 0. The van der Waals surface area contributed by atoms with Crippen molar-refractivity contribution in [3.8, 4) is 0 Å². The Bertz CT molecular complexity index is 248. The summed E-state index contributed by atoms with van der Waals surface area (Å²) < 4.78 is 0. The van der Waals surface area contributed by atoms with E-state index in [0.717, 1.165) is 6.54 Å². The third kappa shape index (κ3) is 3.48. The van der Waals surface area contributed by atoms with Crippen LogP contribution in [0, 0.1) is 5.92 Å². The fourth-order valence-electron chi connectivity index (χ4n) is 1.23. The molecule has 14 heavy (non-hydrogen) atoms. The number of hydrogen-bond acceptors (Lipinski definition) is 2. The molecular weight excluding hydrogens is 174 g/mol. The number of aliphatic hydroxyl groups excluding tert-OH is 1. The van der Waals surface area contributed by atoms with Gasteiger partial charge in [-0.1, -0.05) is 37.3 Å². The van der Waals surface area contributed by atoms with Crippen molar-refractivity contribution in [3.63, 3.8) is 0 Å². The first-order valence-electron chi connectivity index (χ1n) is 5.12. The van der Waals surface area contributed by atoms with Gasteiger partial charge in [0.1, 0.15) is 0 Å². The Kier molecular flexibility index (Phi) is 4.63. The first-order chi connectivity index (χ1) is 6.74. The molecule has 0 spiro atoms. The van der Waals surface area contributed by atoms with E-state index in [1.54, 1.807) is 0 Å². The quantitative estimate of drug-likeness (QED) is 0.747. The van der Waals surface area contributed by atoms with Crippen LogP contribution in [-0.2, 0) is 6.54 Å². The Balaban J connectivity index is 2.34. The molecule has 0 amide bonds. The van der Waals surface area contributed by atoms with Gasteiger partial charge in [0, 0.05) is 19.2 Å². The Morgan fingerprint density at radius 3 is 2.43 bits per heavy atom. The van der Waals surface area contributed by atoms with E-state index in [1.807, 2.05) is 25.1 Å². The standard InChI is InChI=1S/C12H19NO/c1-10(9-14)11(2)13-8-12-6-4-3-5-7-12/h3-7,10-11,13-14H,8-9H2,1-2H3. The van der Waals surface area contributed by atoms with Crippen molar-refractivity contribution in [2.75, 3.05) is 6.61 Å². The Morgan fingerprint density at radius 1 is 1.21 bits per heavy atom. The number of benzene rings is 1. The summed E-state index contributed by atoms with van der Waals surface area (Å²) in [7, 11) is 0. The molecule has 78 valence electrons. The van der Waals surface area contributed by atoms with Gasteiger partial charge in [0.15, 0.2) is 0 Å². The van der Waals surface area contributed by atoms with Gasteiger partial charge in [-0.15, -0.1) is 0 Å². The zero-order chi connectivity index (χ0) is 10.4. The third-order valence-electron chi connectivity index (χ3n) is 2.61. The van der Waals surface area contributed by atoms with Crippen molar-refractivity contribution >= 4 is 0 Å². The lowest BCUT2D eigenvalue weighted by atomic mass is 10.0. The molecule has 0 fully saturated rings. The summed E-state index contributed by atoms with van der Waals surface area (Å²) in [6.07, 6.45) is 0. The van der Waals surface area contributed by atoms with Crippen LogP contribution in [0.1, 0.15) is 19.4 Å². The van der Waals surface area contributed by atoms with Crippen molar-refractivity contribution in [1.29, 1.82) is 0 Å². The van der Waals surface area contributed by atoms with Crippen LogP contribution in [0.3, 0.4) is 0 Å². The van der Waals surface area contributed by atoms with Crippen LogP contribution in [0.2, 0.25) is 0 Å². The van der Waals surface area contributed by atoms with Gasteiger partial charge < -0.3 is 10.4 Å². The van der Waals surface area contributed by atoms with Gasteiger partial charge >= 0.3 is 0 Å². The summed E-state index contributed by atoms with van der Waals surface area (Å²) in [5.74, 6) is 0.304. The van der Waals surface area contributed by atoms with E-state index in [0.29, 0.717) is 12.0 Å². The van der Waals surface area contributed by atoms with Crippen molar-refractivity contribution in [3.05, 3.63) is 35.9 Å². The van der Waals surface area contributed by atoms with E-state index in [9.17, 15) is 0 Å². The van der Waals surface area contributed by atoms with Crippen molar-refractivity contribution in [1.82, 2.24) is 5.32 Å². The Labute approximate surface area is 86.0 Å². The van der Waals surface area contributed by atoms with Crippen LogP contribution < -0.4 is 5.32 Å². The largest absolute Gasteiger partial charge is 0.396 e. The number of nitrogens with one attached hydrogen (secondary N) is 1. The highest BCUT2D eigenvalue weighted by Gasteiger charge is 2.09. The highest BCUT2D eigenvalue weighted by atomic mass is 16.3. The van der Waals surface area contributed by atoms with Gasteiger partial charge in [0.25, 0.3) is 0 Å². The second-order valence-electron chi connectivity index (χ2n) is 3.82. The van der Waals surface area contributed by atoms with Crippen LogP contribution in [-0.4, -0.2) is 17.8 Å². The molecule has 1 aromatic carbocycles. The van der Waals surface area contributed by atoms with Gasteiger partial charge in [0.2, 0.25) is 0 Å². The summed E-state index contributed by atoms with van der Waals surface area (Å²) in [6, 6.07) is 10.6. The molecule has 2 heteroatoms. The minimum absolute atomic E-state index is 0.239. The molecule has 0 radical (unpaired) electrons. The minimum Gasteiger partial charge on any atom is -0.396 e. The van der Waals surface area contributed by atoms with Crippen LogP contribution in [0.25, 0.3) is 0 Å². The molecule has 0 aliphatic carbocycles. The molecule has 2 N–H and O–H groups in total. The fraction of sp³-hybridized carbons (Fsp3) is 0.500. The lowest BCUT2D eigenvalue weighted by Crippen LogP contribution is -2.33. The highest BCUT2D eigenvalue weighted by Crippen LogP contribution is 2.03. The number of hydrogen-bond donors (Lipinski definition) is 2. The highest BCUT2D eigenvalue weighted by molar-refractivity contribution is 5.14. The van der Waals surface area contributed by atoms with Gasteiger partial charge in [-0.2, -0.15) is 0 Å². The van der Waals surface area contributed by atoms with Crippen LogP contribution in [0.4, 0.5) is 0 Å². The maximum absolute atomic E-state index is 8.96. The van der Waals surface area contributed by atoms with Crippen molar-refractivity contribution in [2.45, 2.75) is 26.4 Å². The average Bonchev–Trinajstić information content (AvgIpc) is 2.26. The van der Waals surface area contributed by atoms with Crippen LogP contribution in [0.5, 0.6) is 0 Å². The van der Waals surface area contributed by atoms with Gasteiger partial charge in [-0.05, 0) is 18.4 Å². The van der Waals surface area contributed by atoms with Crippen molar-refractivity contribution in [2.24, 2.45) is 5.92 Å². The maximum Gasteiger partial charge on any atom is 0.0471 e.